The summed E-state index contributed by atoms with van der Waals surface area (Å²) in [6, 6.07) is 7.26. The van der Waals surface area contributed by atoms with Crippen LogP contribution in [-0.4, -0.2) is 47.8 Å². The average Bonchev–Trinajstić information content (AvgIpc) is 2.94. The number of hydrogen-bond donors (Lipinski definition) is 1. The standard InChI is InChI=1S/C14H17NO4/c16-8-10-4-3-7-15(10)14(17)13-9-18-11-5-1-2-6-12(11)19-13/h1-2,5-6,10,13,16H,3-4,7-9H2/t10-,13+/m0/s1. The van der Waals surface area contributed by atoms with Crippen LogP contribution in [0.25, 0.3) is 0 Å². The van der Waals surface area contributed by atoms with Gasteiger partial charge in [0.05, 0.1) is 12.6 Å². The third kappa shape index (κ3) is 2.26. The van der Waals surface area contributed by atoms with Crippen molar-refractivity contribution in [1.29, 1.82) is 0 Å². The molecule has 5 nitrogen and oxygen atoms in total. The van der Waals surface area contributed by atoms with Crippen LogP contribution in [0.1, 0.15) is 12.8 Å². The number of carbonyl (C=O) groups excluding carboxylic acids is 1. The lowest BCUT2D eigenvalue weighted by Crippen LogP contribution is -2.49. The fraction of sp³-hybridized carbons (Fsp3) is 0.500. The number of aliphatic hydroxyl groups excluding tert-OH is 1. The predicted octanol–water partition coefficient (Wildman–Crippen LogP) is 0.810. The van der Waals surface area contributed by atoms with Crippen molar-refractivity contribution in [2.45, 2.75) is 25.0 Å². The summed E-state index contributed by atoms with van der Waals surface area (Å²) in [4.78, 5) is 14.1. The van der Waals surface area contributed by atoms with Crippen molar-refractivity contribution in [1.82, 2.24) is 4.90 Å². The Balaban J connectivity index is 1.72. The maximum atomic E-state index is 12.4. The molecule has 2 aliphatic rings. The van der Waals surface area contributed by atoms with Gasteiger partial charge in [0.1, 0.15) is 6.61 Å². The molecule has 1 aromatic carbocycles. The van der Waals surface area contributed by atoms with Crippen LogP contribution in [0, 0.1) is 0 Å². The smallest absolute Gasteiger partial charge is 0.267 e. The van der Waals surface area contributed by atoms with Gasteiger partial charge in [-0.1, -0.05) is 12.1 Å². The van der Waals surface area contributed by atoms with Gasteiger partial charge in [-0.3, -0.25) is 4.79 Å². The molecule has 0 aliphatic carbocycles. The van der Waals surface area contributed by atoms with E-state index in [-0.39, 0.29) is 25.2 Å². The lowest BCUT2D eigenvalue weighted by atomic mass is 10.2. The Morgan fingerprint density at radius 2 is 2.16 bits per heavy atom. The first-order valence-electron chi connectivity index (χ1n) is 6.59. The Hall–Kier alpha value is -1.75. The van der Waals surface area contributed by atoms with Gasteiger partial charge in [-0.15, -0.1) is 0 Å². The van der Waals surface area contributed by atoms with E-state index in [1.165, 1.54) is 0 Å². The molecular formula is C14H17NO4. The van der Waals surface area contributed by atoms with Crippen molar-refractivity contribution in [2.24, 2.45) is 0 Å². The van der Waals surface area contributed by atoms with E-state index < -0.39 is 6.10 Å². The SMILES string of the molecule is O=C([C@H]1COc2ccccc2O1)N1CCC[C@H]1CO. The molecule has 0 unspecified atom stereocenters. The molecule has 102 valence electrons. The summed E-state index contributed by atoms with van der Waals surface area (Å²) >= 11 is 0. The number of benzene rings is 1. The quantitative estimate of drug-likeness (QED) is 0.858. The van der Waals surface area contributed by atoms with Crippen LogP contribution in [0.2, 0.25) is 0 Å². The van der Waals surface area contributed by atoms with E-state index in [4.69, 9.17) is 9.47 Å². The summed E-state index contributed by atoms with van der Waals surface area (Å²) in [5.74, 6) is 1.18. The molecule has 5 heteroatoms. The summed E-state index contributed by atoms with van der Waals surface area (Å²) in [7, 11) is 0. The number of aliphatic hydroxyl groups is 1. The van der Waals surface area contributed by atoms with Gasteiger partial charge in [0.25, 0.3) is 5.91 Å². The van der Waals surface area contributed by atoms with E-state index in [0.717, 1.165) is 12.8 Å². The van der Waals surface area contributed by atoms with Crippen molar-refractivity contribution in [3.63, 3.8) is 0 Å². The maximum absolute atomic E-state index is 12.4. The minimum absolute atomic E-state index is 0.00983. The number of nitrogens with zero attached hydrogens (tertiary/aromatic N) is 1. The molecule has 0 spiro atoms. The molecule has 0 saturated carbocycles. The lowest BCUT2D eigenvalue weighted by molar-refractivity contribution is -0.142. The van der Waals surface area contributed by atoms with Crippen molar-refractivity contribution in [3.8, 4) is 11.5 Å². The molecule has 1 saturated heterocycles. The van der Waals surface area contributed by atoms with Gasteiger partial charge in [0.2, 0.25) is 6.10 Å². The highest BCUT2D eigenvalue weighted by atomic mass is 16.6. The second kappa shape index (κ2) is 5.09. The molecule has 1 amide bonds. The van der Waals surface area contributed by atoms with Crippen LogP contribution in [0.4, 0.5) is 0 Å². The average molecular weight is 263 g/mol. The van der Waals surface area contributed by atoms with E-state index in [0.29, 0.717) is 18.0 Å². The van der Waals surface area contributed by atoms with Gasteiger partial charge >= 0.3 is 0 Å². The van der Waals surface area contributed by atoms with E-state index in [2.05, 4.69) is 0 Å². The highest BCUT2D eigenvalue weighted by Crippen LogP contribution is 2.32. The van der Waals surface area contributed by atoms with Gasteiger partial charge in [-0.25, -0.2) is 0 Å². The van der Waals surface area contributed by atoms with Crippen LogP contribution < -0.4 is 9.47 Å². The Morgan fingerprint density at radius 1 is 1.37 bits per heavy atom. The summed E-state index contributed by atoms with van der Waals surface area (Å²) in [6.07, 6.45) is 1.18. The number of ether oxygens (including phenoxy) is 2. The lowest BCUT2D eigenvalue weighted by Gasteiger charge is -2.31. The second-order valence-electron chi connectivity index (χ2n) is 4.87. The first-order chi connectivity index (χ1) is 9.29. The molecule has 1 fully saturated rings. The van der Waals surface area contributed by atoms with Crippen LogP contribution in [0.5, 0.6) is 11.5 Å². The first-order valence-corrected chi connectivity index (χ1v) is 6.59. The number of likely N-dealkylation sites (tertiary alicyclic amines) is 1. The normalized spacial score (nSPS) is 25.4. The van der Waals surface area contributed by atoms with E-state index in [1.54, 1.807) is 11.0 Å². The third-order valence-electron chi connectivity index (χ3n) is 3.65. The highest BCUT2D eigenvalue weighted by Gasteiger charge is 2.36. The Labute approximate surface area is 111 Å². The Kier molecular flexibility index (Phi) is 3.29. The molecular weight excluding hydrogens is 246 g/mol. The molecule has 2 aliphatic heterocycles. The van der Waals surface area contributed by atoms with Gasteiger partial charge in [0.15, 0.2) is 11.5 Å². The Bertz CT molecular complexity index is 476. The largest absolute Gasteiger partial charge is 0.485 e. The zero-order valence-electron chi connectivity index (χ0n) is 10.6. The zero-order valence-corrected chi connectivity index (χ0v) is 10.6. The molecule has 0 aromatic heterocycles. The molecule has 19 heavy (non-hydrogen) atoms. The molecule has 1 aromatic rings. The van der Waals surface area contributed by atoms with E-state index in [1.807, 2.05) is 18.2 Å². The molecule has 2 heterocycles. The molecule has 0 bridgehead atoms. The van der Waals surface area contributed by atoms with Crippen molar-refractivity contribution in [2.75, 3.05) is 19.8 Å². The molecule has 1 N–H and O–H groups in total. The fourth-order valence-electron chi connectivity index (χ4n) is 2.64. The minimum atomic E-state index is -0.609. The summed E-state index contributed by atoms with van der Waals surface area (Å²) < 4.78 is 11.3. The van der Waals surface area contributed by atoms with Crippen LogP contribution in [0.15, 0.2) is 24.3 Å². The highest BCUT2D eigenvalue weighted by molar-refractivity contribution is 5.82. The summed E-state index contributed by atoms with van der Waals surface area (Å²) in [6.45, 7) is 0.923. The maximum Gasteiger partial charge on any atom is 0.267 e. The fourth-order valence-corrected chi connectivity index (χ4v) is 2.64. The van der Waals surface area contributed by atoms with Crippen LogP contribution in [-0.2, 0) is 4.79 Å². The monoisotopic (exact) mass is 263 g/mol. The molecule has 3 rings (SSSR count). The number of amides is 1. The first kappa shape index (κ1) is 12.3. The van der Waals surface area contributed by atoms with Crippen molar-refractivity contribution < 1.29 is 19.4 Å². The number of para-hydroxylation sites is 2. The van der Waals surface area contributed by atoms with Gasteiger partial charge < -0.3 is 19.5 Å². The predicted molar refractivity (Wildman–Crippen MR) is 68.2 cm³/mol. The summed E-state index contributed by atoms with van der Waals surface area (Å²) in [5, 5.41) is 9.28. The van der Waals surface area contributed by atoms with Gasteiger partial charge in [-0.2, -0.15) is 0 Å². The number of carbonyl (C=O) groups is 1. The van der Waals surface area contributed by atoms with Gasteiger partial charge in [0, 0.05) is 6.54 Å². The van der Waals surface area contributed by atoms with Crippen molar-refractivity contribution >= 4 is 5.91 Å². The van der Waals surface area contributed by atoms with Crippen molar-refractivity contribution in [3.05, 3.63) is 24.3 Å². The van der Waals surface area contributed by atoms with Gasteiger partial charge in [-0.05, 0) is 25.0 Å². The second-order valence-corrected chi connectivity index (χ2v) is 4.87. The van der Waals surface area contributed by atoms with E-state index in [9.17, 15) is 9.90 Å². The van der Waals surface area contributed by atoms with Crippen LogP contribution >= 0.6 is 0 Å². The number of fused-ring (bicyclic) bond motifs is 1. The van der Waals surface area contributed by atoms with Crippen LogP contribution in [0.3, 0.4) is 0 Å². The number of rotatable bonds is 2. The topological polar surface area (TPSA) is 59.0 Å². The molecule has 0 radical (unpaired) electrons. The summed E-state index contributed by atoms with van der Waals surface area (Å²) in [5.41, 5.74) is 0. The minimum Gasteiger partial charge on any atom is -0.485 e. The molecule has 2 atom stereocenters. The zero-order chi connectivity index (χ0) is 13.2. The third-order valence-corrected chi connectivity index (χ3v) is 3.65. The number of hydrogen-bond acceptors (Lipinski definition) is 4. The Morgan fingerprint density at radius 3 is 2.95 bits per heavy atom. The van der Waals surface area contributed by atoms with E-state index >= 15 is 0 Å².